The van der Waals surface area contributed by atoms with Crippen LogP contribution in [0.1, 0.15) is 5.56 Å². The van der Waals surface area contributed by atoms with Crippen LogP contribution < -0.4 is 16.2 Å². The summed E-state index contributed by atoms with van der Waals surface area (Å²) in [6, 6.07) is 9.83. The van der Waals surface area contributed by atoms with Gasteiger partial charge in [0.05, 0.1) is 0 Å². The van der Waals surface area contributed by atoms with Gasteiger partial charge in [-0.05, 0) is 30.3 Å². The Hall–Kier alpha value is -2.27. The van der Waals surface area contributed by atoms with Crippen molar-refractivity contribution in [3.63, 3.8) is 0 Å². The summed E-state index contributed by atoms with van der Waals surface area (Å²) in [5.74, 6) is 0. The van der Waals surface area contributed by atoms with Gasteiger partial charge in [0.2, 0.25) is 0 Å². The van der Waals surface area contributed by atoms with Crippen LogP contribution in [0, 0.1) is 0 Å². The van der Waals surface area contributed by atoms with Crippen LogP contribution >= 0.6 is 11.6 Å². The van der Waals surface area contributed by atoms with Gasteiger partial charge in [0.25, 0.3) is 5.56 Å². The Morgan fingerprint density at radius 2 is 1.95 bits per heavy atom. The maximum absolute atomic E-state index is 11.8. The molecule has 1 aromatic heterocycles. The normalized spacial score (nSPS) is 10.1. The molecule has 0 saturated carbocycles. The lowest BCUT2D eigenvalue weighted by atomic mass is 10.3. The third-order valence-corrected chi connectivity index (χ3v) is 3.00. The Labute approximate surface area is 121 Å². The molecule has 0 bridgehead atoms. The minimum Gasteiger partial charge on any atom is -0.334 e. The maximum atomic E-state index is 11.8. The highest BCUT2D eigenvalue weighted by atomic mass is 35.5. The van der Waals surface area contributed by atoms with Crippen LogP contribution in [-0.4, -0.2) is 10.6 Å². The highest BCUT2D eigenvalue weighted by Gasteiger charge is 2.04. The fraction of sp³-hybridized carbons (Fsp3) is 0.143. The van der Waals surface area contributed by atoms with Gasteiger partial charge in [-0.3, -0.25) is 4.79 Å². The van der Waals surface area contributed by atoms with Gasteiger partial charge in [-0.2, -0.15) is 0 Å². The summed E-state index contributed by atoms with van der Waals surface area (Å²) >= 11 is 5.76. The first-order valence-electron chi connectivity index (χ1n) is 6.01. The molecule has 5 nitrogen and oxygen atoms in total. The number of carbonyl (C=O) groups is 1. The first-order chi connectivity index (χ1) is 9.56. The molecule has 2 rings (SSSR count). The molecule has 2 N–H and O–H groups in total. The molecule has 0 atom stereocenters. The highest BCUT2D eigenvalue weighted by molar-refractivity contribution is 6.30. The number of anilines is 1. The van der Waals surface area contributed by atoms with Crippen molar-refractivity contribution in [1.29, 1.82) is 0 Å². The van der Waals surface area contributed by atoms with Gasteiger partial charge in [0.15, 0.2) is 0 Å². The molecule has 0 aliphatic heterocycles. The summed E-state index contributed by atoms with van der Waals surface area (Å²) in [4.78, 5) is 23.5. The maximum Gasteiger partial charge on any atom is 0.319 e. The monoisotopic (exact) mass is 291 g/mol. The number of benzene rings is 1. The Kier molecular flexibility index (Phi) is 4.42. The quantitative estimate of drug-likeness (QED) is 0.912. The summed E-state index contributed by atoms with van der Waals surface area (Å²) in [5.41, 5.74) is 1.04. The van der Waals surface area contributed by atoms with E-state index in [9.17, 15) is 9.59 Å². The summed E-state index contributed by atoms with van der Waals surface area (Å²) in [6.07, 6.45) is 1.67. The molecule has 104 valence electrons. The molecule has 2 amide bonds. The van der Waals surface area contributed by atoms with E-state index in [0.29, 0.717) is 16.3 Å². The van der Waals surface area contributed by atoms with Gasteiger partial charge in [-0.15, -0.1) is 0 Å². The summed E-state index contributed by atoms with van der Waals surface area (Å²) in [5, 5.41) is 5.89. The average Bonchev–Trinajstić information content (AvgIpc) is 2.43. The zero-order chi connectivity index (χ0) is 14.5. The van der Waals surface area contributed by atoms with E-state index in [1.54, 1.807) is 49.6 Å². The molecule has 1 aromatic carbocycles. The van der Waals surface area contributed by atoms with E-state index in [1.165, 1.54) is 4.57 Å². The topological polar surface area (TPSA) is 63.1 Å². The number of hydrogen-bond donors (Lipinski definition) is 2. The van der Waals surface area contributed by atoms with Crippen LogP contribution in [0.4, 0.5) is 10.5 Å². The lowest BCUT2D eigenvalue weighted by Gasteiger charge is -2.08. The molecule has 0 unspecified atom stereocenters. The van der Waals surface area contributed by atoms with Crippen molar-refractivity contribution in [3.05, 3.63) is 63.5 Å². The molecule has 1 heterocycles. The van der Waals surface area contributed by atoms with Gasteiger partial charge >= 0.3 is 6.03 Å². The number of urea groups is 1. The fourth-order valence-electron chi connectivity index (χ4n) is 1.67. The molecule has 2 aromatic rings. The number of rotatable bonds is 3. The molecule has 0 aliphatic carbocycles. The van der Waals surface area contributed by atoms with Crippen molar-refractivity contribution in [1.82, 2.24) is 9.88 Å². The number of carbonyl (C=O) groups excluding carboxylic acids is 1. The van der Waals surface area contributed by atoms with Crippen LogP contribution in [0.15, 0.2) is 47.4 Å². The van der Waals surface area contributed by atoms with Gasteiger partial charge in [0, 0.05) is 36.1 Å². The molecule has 20 heavy (non-hydrogen) atoms. The van der Waals surface area contributed by atoms with Crippen molar-refractivity contribution < 1.29 is 4.79 Å². The standard InChI is InChI=1S/C14H14ClN3O2/c1-18-8-2-3-10(13(18)19)9-16-14(20)17-12-6-4-11(15)5-7-12/h2-8H,9H2,1H3,(H2,16,17,20). The number of aryl methyl sites for hydroxylation is 1. The first kappa shape index (κ1) is 14.1. The van der Waals surface area contributed by atoms with Gasteiger partial charge < -0.3 is 15.2 Å². The van der Waals surface area contributed by atoms with Crippen molar-refractivity contribution in [2.24, 2.45) is 7.05 Å². The average molecular weight is 292 g/mol. The first-order valence-corrected chi connectivity index (χ1v) is 6.39. The van der Waals surface area contributed by atoms with E-state index in [4.69, 9.17) is 11.6 Å². The molecular formula is C14H14ClN3O2. The zero-order valence-corrected chi connectivity index (χ0v) is 11.6. The van der Waals surface area contributed by atoms with E-state index < -0.39 is 0 Å². The number of amides is 2. The highest BCUT2D eigenvalue weighted by Crippen LogP contribution is 2.13. The van der Waals surface area contributed by atoms with Crippen molar-refractivity contribution >= 4 is 23.3 Å². The van der Waals surface area contributed by atoms with Crippen LogP contribution in [0.5, 0.6) is 0 Å². The Balaban J connectivity index is 1.94. The second-order valence-corrected chi connectivity index (χ2v) is 4.70. The molecule has 6 heteroatoms. The minimum absolute atomic E-state index is 0.126. The number of hydrogen-bond acceptors (Lipinski definition) is 2. The van der Waals surface area contributed by atoms with Crippen LogP contribution in [-0.2, 0) is 13.6 Å². The smallest absolute Gasteiger partial charge is 0.319 e. The second kappa shape index (κ2) is 6.25. The van der Waals surface area contributed by atoms with E-state index in [-0.39, 0.29) is 18.1 Å². The minimum atomic E-state index is -0.377. The SMILES string of the molecule is Cn1cccc(CNC(=O)Nc2ccc(Cl)cc2)c1=O. The van der Waals surface area contributed by atoms with Gasteiger partial charge in [0.1, 0.15) is 0 Å². The van der Waals surface area contributed by atoms with E-state index in [0.717, 1.165) is 0 Å². The summed E-state index contributed by atoms with van der Waals surface area (Å²) in [7, 11) is 1.67. The molecule has 0 spiro atoms. The number of halogens is 1. The largest absolute Gasteiger partial charge is 0.334 e. The lowest BCUT2D eigenvalue weighted by molar-refractivity contribution is 0.251. The van der Waals surface area contributed by atoms with E-state index >= 15 is 0 Å². The molecular weight excluding hydrogens is 278 g/mol. The van der Waals surface area contributed by atoms with Crippen LogP contribution in [0.25, 0.3) is 0 Å². The molecule has 0 fully saturated rings. The van der Waals surface area contributed by atoms with Crippen molar-refractivity contribution in [2.45, 2.75) is 6.54 Å². The van der Waals surface area contributed by atoms with Crippen molar-refractivity contribution in [2.75, 3.05) is 5.32 Å². The fourth-order valence-corrected chi connectivity index (χ4v) is 1.80. The molecule has 0 aliphatic rings. The van der Waals surface area contributed by atoms with Crippen LogP contribution in [0.3, 0.4) is 0 Å². The lowest BCUT2D eigenvalue weighted by Crippen LogP contribution is -2.31. The van der Waals surface area contributed by atoms with Gasteiger partial charge in [-0.1, -0.05) is 17.7 Å². The predicted octanol–water partition coefficient (Wildman–Crippen LogP) is 2.36. The number of aromatic nitrogens is 1. The molecule has 0 saturated heterocycles. The predicted molar refractivity (Wildman–Crippen MR) is 79.0 cm³/mol. The Morgan fingerprint density at radius 1 is 1.25 bits per heavy atom. The molecule has 0 radical (unpaired) electrons. The summed E-state index contributed by atoms with van der Waals surface area (Å²) < 4.78 is 1.47. The van der Waals surface area contributed by atoms with Crippen LogP contribution in [0.2, 0.25) is 5.02 Å². The number of nitrogens with zero attached hydrogens (tertiary/aromatic N) is 1. The van der Waals surface area contributed by atoms with E-state index in [1.807, 2.05) is 0 Å². The zero-order valence-electron chi connectivity index (χ0n) is 10.9. The summed E-state index contributed by atoms with van der Waals surface area (Å²) in [6.45, 7) is 0.174. The second-order valence-electron chi connectivity index (χ2n) is 4.26. The number of pyridine rings is 1. The third-order valence-electron chi connectivity index (χ3n) is 2.74. The van der Waals surface area contributed by atoms with Gasteiger partial charge in [-0.25, -0.2) is 4.79 Å². The number of nitrogens with one attached hydrogen (secondary N) is 2. The Morgan fingerprint density at radius 3 is 2.65 bits per heavy atom. The third kappa shape index (κ3) is 3.61. The Bertz CT molecular complexity index is 665. The van der Waals surface area contributed by atoms with E-state index in [2.05, 4.69) is 10.6 Å². The van der Waals surface area contributed by atoms with Crippen molar-refractivity contribution in [3.8, 4) is 0 Å².